The summed E-state index contributed by atoms with van der Waals surface area (Å²) in [5, 5.41) is 2.54. The van der Waals surface area contributed by atoms with Crippen LogP contribution in [0.4, 0.5) is 0 Å². The smallest absolute Gasteiger partial charge is 0.264 e. The van der Waals surface area contributed by atoms with Crippen LogP contribution in [-0.2, 0) is 11.3 Å². The lowest BCUT2D eigenvalue weighted by Gasteiger charge is -2.15. The summed E-state index contributed by atoms with van der Waals surface area (Å²) in [6.07, 6.45) is 5.00. The summed E-state index contributed by atoms with van der Waals surface area (Å²) in [5.41, 5.74) is 2.02. The predicted octanol–water partition coefficient (Wildman–Crippen LogP) is 2.66. The van der Waals surface area contributed by atoms with Gasteiger partial charge in [0.1, 0.15) is 11.6 Å². The molecule has 6 nitrogen and oxygen atoms in total. The summed E-state index contributed by atoms with van der Waals surface area (Å²) in [7, 11) is 0. The highest BCUT2D eigenvalue weighted by Gasteiger charge is 2.19. The van der Waals surface area contributed by atoms with E-state index in [1.54, 1.807) is 4.90 Å². The highest BCUT2D eigenvalue weighted by molar-refractivity contribution is 7.13. The van der Waals surface area contributed by atoms with Gasteiger partial charge in [0.2, 0.25) is 5.91 Å². The summed E-state index contributed by atoms with van der Waals surface area (Å²) in [4.78, 5) is 35.6. The average Bonchev–Trinajstić information content (AvgIpc) is 3.36. The summed E-state index contributed by atoms with van der Waals surface area (Å²) in [6.45, 7) is 1.57. The minimum absolute atomic E-state index is 0.0244. The van der Waals surface area contributed by atoms with Crippen molar-refractivity contribution in [2.45, 2.75) is 19.4 Å². The first kappa shape index (κ1) is 16.7. The molecule has 4 rings (SSSR count). The molecule has 0 radical (unpaired) electrons. The molecule has 0 saturated carbocycles. The molecule has 132 valence electrons. The number of nitrogens with zero attached hydrogens (tertiary/aromatic N) is 4. The van der Waals surface area contributed by atoms with Crippen LogP contribution >= 0.6 is 11.3 Å². The molecule has 0 spiro atoms. The van der Waals surface area contributed by atoms with Crippen molar-refractivity contribution in [2.75, 3.05) is 13.1 Å². The maximum Gasteiger partial charge on any atom is 0.264 e. The van der Waals surface area contributed by atoms with Crippen LogP contribution < -0.4 is 5.56 Å². The van der Waals surface area contributed by atoms with Gasteiger partial charge < -0.3 is 4.90 Å². The van der Waals surface area contributed by atoms with Gasteiger partial charge in [-0.15, -0.1) is 11.3 Å². The number of rotatable bonds is 4. The molecule has 1 aliphatic rings. The van der Waals surface area contributed by atoms with E-state index in [4.69, 9.17) is 0 Å². The van der Waals surface area contributed by atoms with Crippen LogP contribution in [0.5, 0.6) is 0 Å². The summed E-state index contributed by atoms with van der Waals surface area (Å²) in [5.74, 6) is -0.0346. The Bertz CT molecular complexity index is 974. The van der Waals surface area contributed by atoms with Gasteiger partial charge >= 0.3 is 0 Å². The Labute approximate surface area is 154 Å². The van der Waals surface area contributed by atoms with Crippen molar-refractivity contribution in [1.82, 2.24) is 19.4 Å². The molecule has 0 unspecified atom stereocenters. The number of carbonyl (C=O) groups excluding carboxylic acids is 1. The van der Waals surface area contributed by atoms with Gasteiger partial charge in [-0.1, -0.05) is 30.3 Å². The van der Waals surface area contributed by atoms with Gasteiger partial charge in [0, 0.05) is 30.2 Å². The Kier molecular flexibility index (Phi) is 4.62. The molecule has 3 aromatic rings. The van der Waals surface area contributed by atoms with E-state index in [1.165, 1.54) is 28.4 Å². The third-order valence-electron chi connectivity index (χ3n) is 4.47. The van der Waals surface area contributed by atoms with Crippen molar-refractivity contribution < 1.29 is 4.79 Å². The molecule has 3 heterocycles. The second-order valence-corrected chi connectivity index (χ2v) is 7.09. The van der Waals surface area contributed by atoms with Gasteiger partial charge in [-0.2, -0.15) is 0 Å². The fraction of sp³-hybridized carbons (Fsp3) is 0.263. The number of benzene rings is 1. The first-order valence-electron chi connectivity index (χ1n) is 8.56. The van der Waals surface area contributed by atoms with Crippen LogP contribution in [0, 0.1) is 0 Å². The number of thiazole rings is 1. The van der Waals surface area contributed by atoms with E-state index < -0.39 is 0 Å². The van der Waals surface area contributed by atoms with E-state index in [-0.39, 0.29) is 18.0 Å². The van der Waals surface area contributed by atoms with E-state index in [0.29, 0.717) is 10.6 Å². The van der Waals surface area contributed by atoms with Crippen LogP contribution in [0.1, 0.15) is 12.8 Å². The molecular formula is C19H18N4O2S. The van der Waals surface area contributed by atoms with Crippen molar-refractivity contribution in [3.63, 3.8) is 0 Å². The van der Waals surface area contributed by atoms with Crippen LogP contribution in [0.2, 0.25) is 0 Å². The highest BCUT2D eigenvalue weighted by atomic mass is 32.1. The van der Waals surface area contributed by atoms with Crippen LogP contribution in [0.25, 0.3) is 21.8 Å². The van der Waals surface area contributed by atoms with Crippen LogP contribution in [0.15, 0.2) is 53.0 Å². The van der Waals surface area contributed by atoms with Gasteiger partial charge in [0.05, 0.1) is 17.6 Å². The van der Waals surface area contributed by atoms with Gasteiger partial charge in [-0.05, 0) is 12.8 Å². The van der Waals surface area contributed by atoms with E-state index in [1.807, 2.05) is 35.7 Å². The van der Waals surface area contributed by atoms with Crippen molar-refractivity contribution in [1.29, 1.82) is 0 Å². The SMILES string of the molecule is O=C(Cn1cncc(-c2nc(-c3ccccc3)cs2)c1=O)N1CCCC1. The fourth-order valence-corrected chi connectivity index (χ4v) is 3.89. The first-order chi connectivity index (χ1) is 12.7. The minimum Gasteiger partial charge on any atom is -0.341 e. The van der Waals surface area contributed by atoms with Gasteiger partial charge in [-0.3, -0.25) is 14.2 Å². The third kappa shape index (κ3) is 3.30. The Morgan fingerprint density at radius 3 is 2.69 bits per heavy atom. The quantitative estimate of drug-likeness (QED) is 0.712. The zero-order valence-corrected chi connectivity index (χ0v) is 15.0. The number of carbonyl (C=O) groups is 1. The number of aromatic nitrogens is 3. The van der Waals surface area contributed by atoms with Gasteiger partial charge in [0.15, 0.2) is 0 Å². The maximum atomic E-state index is 12.8. The molecule has 0 bridgehead atoms. The van der Waals surface area contributed by atoms with Crippen molar-refractivity contribution in [2.24, 2.45) is 0 Å². The molecule has 1 aliphatic heterocycles. The number of amides is 1. The average molecular weight is 366 g/mol. The molecule has 1 fully saturated rings. The molecule has 2 aromatic heterocycles. The lowest BCUT2D eigenvalue weighted by molar-refractivity contribution is -0.130. The molecule has 0 atom stereocenters. The zero-order chi connectivity index (χ0) is 17.9. The number of likely N-dealkylation sites (tertiary alicyclic amines) is 1. The lowest BCUT2D eigenvalue weighted by Crippen LogP contribution is -2.35. The fourth-order valence-electron chi connectivity index (χ4n) is 3.06. The van der Waals surface area contributed by atoms with Crippen molar-refractivity contribution >= 4 is 17.2 Å². The molecular weight excluding hydrogens is 348 g/mol. The summed E-state index contributed by atoms with van der Waals surface area (Å²) < 4.78 is 1.37. The molecule has 0 N–H and O–H groups in total. The molecule has 1 aromatic carbocycles. The van der Waals surface area contributed by atoms with E-state index >= 15 is 0 Å². The van der Waals surface area contributed by atoms with Gasteiger partial charge in [0.25, 0.3) is 5.56 Å². The zero-order valence-electron chi connectivity index (χ0n) is 14.2. The standard InChI is InChI=1S/C19H18N4O2S/c24-17(22-8-4-5-9-22)11-23-13-20-10-15(19(23)25)18-21-16(12-26-18)14-6-2-1-3-7-14/h1-3,6-7,10,12-13H,4-5,8-9,11H2. The molecule has 0 aliphatic carbocycles. The molecule has 1 saturated heterocycles. The van der Waals surface area contributed by atoms with Crippen molar-refractivity contribution in [3.8, 4) is 21.8 Å². The second kappa shape index (κ2) is 7.21. The van der Waals surface area contributed by atoms with E-state index in [2.05, 4.69) is 9.97 Å². The number of hydrogen-bond donors (Lipinski definition) is 0. The van der Waals surface area contributed by atoms with Crippen LogP contribution in [-0.4, -0.2) is 38.4 Å². The number of hydrogen-bond acceptors (Lipinski definition) is 5. The second-order valence-electron chi connectivity index (χ2n) is 6.23. The topological polar surface area (TPSA) is 68.1 Å². The normalized spacial score (nSPS) is 13.9. The molecule has 7 heteroatoms. The monoisotopic (exact) mass is 366 g/mol. The van der Waals surface area contributed by atoms with E-state index in [9.17, 15) is 9.59 Å². The maximum absolute atomic E-state index is 12.8. The Morgan fingerprint density at radius 1 is 1.15 bits per heavy atom. The summed E-state index contributed by atoms with van der Waals surface area (Å²) >= 11 is 1.40. The molecule has 26 heavy (non-hydrogen) atoms. The first-order valence-corrected chi connectivity index (χ1v) is 9.44. The minimum atomic E-state index is -0.235. The Morgan fingerprint density at radius 2 is 1.92 bits per heavy atom. The Hall–Kier alpha value is -2.80. The van der Waals surface area contributed by atoms with Crippen LogP contribution in [0.3, 0.4) is 0 Å². The lowest BCUT2D eigenvalue weighted by atomic mass is 10.2. The highest BCUT2D eigenvalue weighted by Crippen LogP contribution is 2.26. The predicted molar refractivity (Wildman–Crippen MR) is 101 cm³/mol. The Balaban J connectivity index is 1.61. The van der Waals surface area contributed by atoms with Crippen molar-refractivity contribution in [3.05, 3.63) is 58.6 Å². The molecule has 1 amide bonds. The van der Waals surface area contributed by atoms with Gasteiger partial charge in [-0.25, -0.2) is 9.97 Å². The third-order valence-corrected chi connectivity index (χ3v) is 5.35. The largest absolute Gasteiger partial charge is 0.341 e. The summed E-state index contributed by atoms with van der Waals surface area (Å²) in [6, 6.07) is 9.82. The van der Waals surface area contributed by atoms with E-state index in [0.717, 1.165) is 37.2 Å².